The SMILES string of the molecule is CC(=O)c1ccc(S(=O)(=O)N(C)CC(=O)N(C)Cc2c(F)cccc2Cl)cc1. The number of carbonyl (C=O) groups is 2. The summed E-state index contributed by atoms with van der Waals surface area (Å²) in [6, 6.07) is 9.67. The normalized spacial score (nSPS) is 11.5. The molecule has 0 aliphatic rings. The number of carbonyl (C=O) groups excluding carboxylic acids is 2. The standard InChI is InChI=1S/C19H20ClFN2O4S/c1-13(24)14-7-9-15(10-8-14)28(26,27)23(3)12-19(25)22(2)11-16-17(20)5-4-6-18(16)21/h4-10H,11-12H2,1-3H3. The Hall–Kier alpha value is -2.29. The molecule has 0 heterocycles. The van der Waals surface area contributed by atoms with E-state index in [4.69, 9.17) is 11.6 Å². The van der Waals surface area contributed by atoms with Crippen molar-refractivity contribution >= 4 is 33.3 Å². The summed E-state index contributed by atoms with van der Waals surface area (Å²) < 4.78 is 40.0. The summed E-state index contributed by atoms with van der Waals surface area (Å²) in [6.45, 7) is 0.858. The van der Waals surface area contributed by atoms with Gasteiger partial charge in [0.1, 0.15) is 5.82 Å². The molecule has 28 heavy (non-hydrogen) atoms. The fourth-order valence-corrected chi connectivity index (χ4v) is 3.79. The number of sulfonamides is 1. The van der Waals surface area contributed by atoms with E-state index in [9.17, 15) is 22.4 Å². The van der Waals surface area contributed by atoms with E-state index in [2.05, 4.69) is 0 Å². The molecule has 0 bridgehead atoms. The van der Waals surface area contributed by atoms with Crippen LogP contribution in [0.15, 0.2) is 47.4 Å². The van der Waals surface area contributed by atoms with E-state index in [1.807, 2.05) is 0 Å². The van der Waals surface area contributed by atoms with Gasteiger partial charge in [-0.05, 0) is 31.2 Å². The predicted molar refractivity (Wildman–Crippen MR) is 104 cm³/mol. The topological polar surface area (TPSA) is 74.8 Å². The Morgan fingerprint density at radius 3 is 2.21 bits per heavy atom. The number of amides is 1. The number of halogens is 2. The average molecular weight is 427 g/mol. The second-order valence-electron chi connectivity index (χ2n) is 6.29. The Bertz CT molecular complexity index is 973. The molecule has 2 rings (SSSR count). The van der Waals surface area contributed by atoms with Crippen LogP contribution in [0.5, 0.6) is 0 Å². The first kappa shape index (κ1) is 22.0. The first-order valence-electron chi connectivity index (χ1n) is 8.28. The van der Waals surface area contributed by atoms with Crippen molar-refractivity contribution < 1.29 is 22.4 Å². The third kappa shape index (κ3) is 4.95. The Morgan fingerprint density at radius 2 is 1.68 bits per heavy atom. The molecule has 0 saturated heterocycles. The van der Waals surface area contributed by atoms with Gasteiger partial charge in [-0.2, -0.15) is 4.31 Å². The predicted octanol–water partition coefficient (Wildman–Crippen LogP) is 2.96. The maximum atomic E-state index is 13.9. The van der Waals surface area contributed by atoms with Crippen molar-refractivity contribution in [2.45, 2.75) is 18.4 Å². The van der Waals surface area contributed by atoms with Crippen LogP contribution < -0.4 is 0 Å². The molecule has 0 radical (unpaired) electrons. The van der Waals surface area contributed by atoms with Crippen molar-refractivity contribution in [1.82, 2.24) is 9.21 Å². The molecule has 1 amide bonds. The monoisotopic (exact) mass is 426 g/mol. The lowest BCUT2D eigenvalue weighted by molar-refractivity contribution is -0.130. The molecule has 2 aromatic carbocycles. The van der Waals surface area contributed by atoms with Gasteiger partial charge in [-0.25, -0.2) is 12.8 Å². The first-order chi connectivity index (χ1) is 13.0. The van der Waals surface area contributed by atoms with Crippen molar-refractivity contribution in [3.8, 4) is 0 Å². The molecule has 0 spiro atoms. The fraction of sp³-hybridized carbons (Fsp3) is 0.263. The zero-order valence-electron chi connectivity index (χ0n) is 15.6. The maximum Gasteiger partial charge on any atom is 0.243 e. The highest BCUT2D eigenvalue weighted by molar-refractivity contribution is 7.89. The Morgan fingerprint density at radius 1 is 1.07 bits per heavy atom. The van der Waals surface area contributed by atoms with Crippen LogP contribution in [0.4, 0.5) is 4.39 Å². The van der Waals surface area contributed by atoms with E-state index in [0.717, 1.165) is 4.31 Å². The van der Waals surface area contributed by atoms with Crippen molar-refractivity contribution in [1.29, 1.82) is 0 Å². The van der Waals surface area contributed by atoms with Gasteiger partial charge in [0.2, 0.25) is 15.9 Å². The smallest absolute Gasteiger partial charge is 0.243 e. The van der Waals surface area contributed by atoms with Crippen LogP contribution in [0, 0.1) is 5.82 Å². The molecule has 0 aliphatic heterocycles. The zero-order valence-corrected chi connectivity index (χ0v) is 17.2. The van der Waals surface area contributed by atoms with E-state index in [1.54, 1.807) is 0 Å². The van der Waals surface area contributed by atoms with Gasteiger partial charge in [-0.3, -0.25) is 9.59 Å². The summed E-state index contributed by atoms with van der Waals surface area (Å²) in [6.07, 6.45) is 0. The number of hydrogen-bond acceptors (Lipinski definition) is 4. The molecule has 9 heteroatoms. The van der Waals surface area contributed by atoms with Gasteiger partial charge in [-0.15, -0.1) is 0 Å². The molecule has 2 aromatic rings. The Labute approximate surface area is 168 Å². The second-order valence-corrected chi connectivity index (χ2v) is 8.74. The zero-order chi connectivity index (χ0) is 21.1. The van der Waals surface area contributed by atoms with E-state index in [-0.39, 0.29) is 27.8 Å². The molecule has 0 fully saturated rings. The van der Waals surface area contributed by atoms with E-state index in [0.29, 0.717) is 5.56 Å². The number of Topliss-reactive ketones (excluding diaryl/α,β-unsaturated/α-hetero) is 1. The lowest BCUT2D eigenvalue weighted by Crippen LogP contribution is -2.39. The van der Waals surface area contributed by atoms with E-state index >= 15 is 0 Å². The molecular weight excluding hydrogens is 407 g/mol. The summed E-state index contributed by atoms with van der Waals surface area (Å²) in [5.74, 6) is -1.25. The minimum absolute atomic E-state index is 0.0346. The van der Waals surface area contributed by atoms with Crippen molar-refractivity contribution in [2.75, 3.05) is 20.6 Å². The third-order valence-corrected chi connectivity index (χ3v) is 6.38. The fourth-order valence-electron chi connectivity index (χ4n) is 2.45. The van der Waals surface area contributed by atoms with Gasteiger partial charge >= 0.3 is 0 Å². The van der Waals surface area contributed by atoms with Gasteiger partial charge < -0.3 is 4.90 Å². The molecule has 6 nitrogen and oxygen atoms in total. The summed E-state index contributed by atoms with van der Waals surface area (Å²) in [5, 5.41) is 0.186. The highest BCUT2D eigenvalue weighted by Crippen LogP contribution is 2.21. The van der Waals surface area contributed by atoms with Crippen LogP contribution in [0.1, 0.15) is 22.8 Å². The number of nitrogens with zero attached hydrogens (tertiary/aromatic N) is 2. The van der Waals surface area contributed by atoms with Gasteiger partial charge in [0, 0.05) is 36.8 Å². The molecule has 0 aliphatic carbocycles. The minimum atomic E-state index is -3.92. The maximum absolute atomic E-state index is 13.9. The summed E-state index contributed by atoms with van der Waals surface area (Å²) >= 11 is 5.96. The van der Waals surface area contributed by atoms with Crippen LogP contribution in [-0.4, -0.2) is 50.0 Å². The summed E-state index contributed by atoms with van der Waals surface area (Å²) in [7, 11) is -1.21. The molecule has 0 unspecified atom stereocenters. The van der Waals surface area contributed by atoms with Gasteiger partial charge in [0.05, 0.1) is 11.4 Å². The number of likely N-dealkylation sites (N-methyl/N-ethyl adjacent to an activating group) is 2. The minimum Gasteiger partial charge on any atom is -0.340 e. The Balaban J connectivity index is 2.10. The Kier molecular flexibility index (Phi) is 6.92. The van der Waals surface area contributed by atoms with Gasteiger partial charge in [0.25, 0.3) is 0 Å². The molecule has 0 aromatic heterocycles. The van der Waals surface area contributed by atoms with Crippen molar-refractivity contribution in [3.63, 3.8) is 0 Å². The second kappa shape index (κ2) is 8.81. The summed E-state index contributed by atoms with van der Waals surface area (Å²) in [5.41, 5.74) is 0.546. The van der Waals surface area contributed by atoms with Crippen LogP contribution in [0.3, 0.4) is 0 Å². The molecule has 0 atom stereocenters. The molecule has 0 saturated carbocycles. The van der Waals surface area contributed by atoms with Gasteiger partial charge in [-0.1, -0.05) is 29.8 Å². The van der Waals surface area contributed by atoms with Crippen LogP contribution in [0.2, 0.25) is 5.02 Å². The van der Waals surface area contributed by atoms with Crippen LogP contribution in [-0.2, 0) is 21.4 Å². The number of benzene rings is 2. The van der Waals surface area contributed by atoms with E-state index < -0.39 is 28.3 Å². The van der Waals surface area contributed by atoms with Crippen molar-refractivity contribution in [2.24, 2.45) is 0 Å². The molecule has 150 valence electrons. The lowest BCUT2D eigenvalue weighted by atomic mass is 10.2. The number of hydrogen-bond donors (Lipinski definition) is 0. The quantitative estimate of drug-likeness (QED) is 0.638. The first-order valence-corrected chi connectivity index (χ1v) is 10.1. The van der Waals surface area contributed by atoms with Crippen molar-refractivity contribution in [3.05, 3.63) is 64.4 Å². The van der Waals surface area contributed by atoms with E-state index in [1.165, 1.54) is 68.4 Å². The highest BCUT2D eigenvalue weighted by Gasteiger charge is 2.25. The highest BCUT2D eigenvalue weighted by atomic mass is 35.5. The van der Waals surface area contributed by atoms with Crippen LogP contribution >= 0.6 is 11.6 Å². The largest absolute Gasteiger partial charge is 0.340 e. The molecular formula is C19H20ClFN2O4S. The lowest BCUT2D eigenvalue weighted by Gasteiger charge is -2.22. The third-order valence-electron chi connectivity index (χ3n) is 4.21. The van der Waals surface area contributed by atoms with Gasteiger partial charge in [0.15, 0.2) is 5.78 Å². The molecule has 0 N–H and O–H groups in total. The average Bonchev–Trinajstić information content (AvgIpc) is 2.64. The van der Waals surface area contributed by atoms with Crippen LogP contribution in [0.25, 0.3) is 0 Å². The summed E-state index contributed by atoms with van der Waals surface area (Å²) in [4.78, 5) is 24.9. The number of ketones is 1. The number of rotatable bonds is 7.